The van der Waals surface area contributed by atoms with E-state index in [4.69, 9.17) is 27.9 Å². The van der Waals surface area contributed by atoms with Gasteiger partial charge < -0.3 is 19.9 Å². The third-order valence-corrected chi connectivity index (χ3v) is 6.13. The van der Waals surface area contributed by atoms with Crippen LogP contribution in [0.2, 0.25) is 10.0 Å². The van der Waals surface area contributed by atoms with E-state index in [0.29, 0.717) is 54.1 Å². The molecule has 0 radical (unpaired) electrons. The Bertz CT molecular complexity index is 934. The van der Waals surface area contributed by atoms with Crippen molar-refractivity contribution in [3.8, 4) is 0 Å². The molecule has 0 saturated carbocycles. The largest absolute Gasteiger partial charge is 0.450 e. The predicted octanol–water partition coefficient (Wildman–Crippen LogP) is 5.25. The molecular formula is C21H23Cl2N3O3S. The molecule has 1 saturated heterocycles. The van der Waals surface area contributed by atoms with Gasteiger partial charge in [-0.25, -0.2) is 4.79 Å². The Kier molecular flexibility index (Phi) is 7.75. The number of rotatable bonds is 5. The summed E-state index contributed by atoms with van der Waals surface area (Å²) in [5.74, 6) is -0.301. The number of halogens is 2. The quantitative estimate of drug-likeness (QED) is 0.608. The van der Waals surface area contributed by atoms with Crippen LogP contribution in [-0.2, 0) is 4.74 Å². The second-order valence-corrected chi connectivity index (χ2v) is 8.30. The van der Waals surface area contributed by atoms with Crippen LogP contribution in [0, 0.1) is 0 Å². The topological polar surface area (TPSA) is 61.9 Å². The van der Waals surface area contributed by atoms with E-state index in [-0.39, 0.29) is 12.0 Å². The molecule has 1 aliphatic heterocycles. The Labute approximate surface area is 190 Å². The molecule has 1 aliphatic rings. The number of carbonyl (C=O) groups excluding carboxylic acids is 2. The number of hydrogen-bond donors (Lipinski definition) is 1. The summed E-state index contributed by atoms with van der Waals surface area (Å²) in [6, 6.07) is 10.7. The van der Waals surface area contributed by atoms with Crippen LogP contribution in [-0.4, -0.2) is 55.9 Å². The van der Waals surface area contributed by atoms with Gasteiger partial charge in [-0.15, -0.1) is 11.8 Å². The van der Waals surface area contributed by atoms with Crippen LogP contribution >= 0.6 is 35.0 Å². The van der Waals surface area contributed by atoms with Crippen LogP contribution in [0.25, 0.3) is 0 Å². The van der Waals surface area contributed by atoms with Crippen LogP contribution in [0.1, 0.15) is 17.3 Å². The van der Waals surface area contributed by atoms with E-state index in [1.165, 1.54) is 11.8 Å². The Hall–Kier alpha value is -2.09. The number of hydrogen-bond acceptors (Lipinski definition) is 5. The number of carbonyl (C=O) groups is 2. The third-order valence-electron chi connectivity index (χ3n) is 4.78. The number of nitrogens with zero attached hydrogens (tertiary/aromatic N) is 2. The second-order valence-electron chi connectivity index (χ2n) is 6.61. The lowest BCUT2D eigenvalue weighted by molar-refractivity contribution is 0.102. The minimum Gasteiger partial charge on any atom is -0.450 e. The van der Waals surface area contributed by atoms with Crippen molar-refractivity contribution in [2.24, 2.45) is 0 Å². The zero-order valence-corrected chi connectivity index (χ0v) is 19.1. The van der Waals surface area contributed by atoms with Crippen molar-refractivity contribution in [2.45, 2.75) is 11.8 Å². The van der Waals surface area contributed by atoms with Crippen LogP contribution in [0.5, 0.6) is 0 Å². The van der Waals surface area contributed by atoms with Crippen molar-refractivity contribution in [3.63, 3.8) is 0 Å². The van der Waals surface area contributed by atoms with E-state index < -0.39 is 0 Å². The van der Waals surface area contributed by atoms with E-state index in [1.54, 1.807) is 36.1 Å². The lowest BCUT2D eigenvalue weighted by Crippen LogP contribution is -2.49. The fraction of sp³-hybridized carbons (Fsp3) is 0.333. The highest BCUT2D eigenvalue weighted by Crippen LogP contribution is 2.35. The first kappa shape index (κ1) is 22.6. The van der Waals surface area contributed by atoms with Crippen LogP contribution in [0.15, 0.2) is 41.3 Å². The van der Waals surface area contributed by atoms with E-state index in [0.717, 1.165) is 10.6 Å². The number of nitrogens with one attached hydrogen (secondary N) is 1. The maximum absolute atomic E-state index is 12.9. The molecule has 1 fully saturated rings. The Balaban J connectivity index is 1.79. The van der Waals surface area contributed by atoms with Gasteiger partial charge in [0.1, 0.15) is 0 Å². The summed E-state index contributed by atoms with van der Waals surface area (Å²) < 4.78 is 5.07. The molecule has 0 aromatic heterocycles. The average Bonchev–Trinajstić information content (AvgIpc) is 2.74. The van der Waals surface area contributed by atoms with Gasteiger partial charge in [0.2, 0.25) is 0 Å². The monoisotopic (exact) mass is 467 g/mol. The molecule has 0 atom stereocenters. The summed E-state index contributed by atoms with van der Waals surface area (Å²) in [7, 11) is 0. The molecule has 1 N–H and O–H groups in total. The highest BCUT2D eigenvalue weighted by atomic mass is 35.5. The number of para-hydroxylation sites is 1. The van der Waals surface area contributed by atoms with E-state index >= 15 is 0 Å². The average molecular weight is 468 g/mol. The lowest BCUT2D eigenvalue weighted by atomic mass is 10.1. The van der Waals surface area contributed by atoms with E-state index in [1.807, 2.05) is 18.4 Å². The van der Waals surface area contributed by atoms with Crippen LogP contribution in [0.3, 0.4) is 0 Å². The molecule has 2 aromatic rings. The summed E-state index contributed by atoms with van der Waals surface area (Å²) >= 11 is 14.3. The molecule has 9 heteroatoms. The van der Waals surface area contributed by atoms with Gasteiger partial charge in [0.25, 0.3) is 5.91 Å². The van der Waals surface area contributed by atoms with E-state index in [2.05, 4.69) is 10.2 Å². The lowest BCUT2D eigenvalue weighted by Gasteiger charge is -2.36. The number of ether oxygens (including phenoxy) is 1. The highest BCUT2D eigenvalue weighted by molar-refractivity contribution is 7.98. The summed E-state index contributed by atoms with van der Waals surface area (Å²) in [6.45, 7) is 4.31. The molecule has 3 rings (SSSR count). The third kappa shape index (κ3) is 5.14. The van der Waals surface area contributed by atoms with Gasteiger partial charge in [0.05, 0.1) is 33.6 Å². The molecule has 1 heterocycles. The number of anilines is 2. The molecule has 0 spiro atoms. The summed E-state index contributed by atoms with van der Waals surface area (Å²) in [5, 5.41) is 3.86. The molecule has 2 amide bonds. The number of amides is 2. The van der Waals surface area contributed by atoms with Gasteiger partial charge in [0.15, 0.2) is 0 Å². The standard InChI is InChI=1S/C21H23Cl2N3O3S/c1-3-29-21(28)26-11-9-25(10-12-26)19-17(23)5-4-6-18(19)24-20(27)15-13-14(30-2)7-8-16(15)22/h4-8,13H,3,9-12H2,1-2H3,(H,24,27). The van der Waals surface area contributed by atoms with E-state index in [9.17, 15) is 9.59 Å². The predicted molar refractivity (Wildman–Crippen MR) is 123 cm³/mol. The van der Waals surface area contributed by atoms with Gasteiger partial charge in [-0.2, -0.15) is 0 Å². The van der Waals surface area contributed by atoms with Crippen molar-refractivity contribution >= 4 is 58.3 Å². The Morgan fingerprint density at radius 3 is 2.50 bits per heavy atom. The minimum absolute atomic E-state index is 0.301. The molecule has 2 aromatic carbocycles. The summed E-state index contributed by atoms with van der Waals surface area (Å²) in [5.41, 5.74) is 1.73. The fourth-order valence-electron chi connectivity index (χ4n) is 3.26. The Morgan fingerprint density at radius 2 is 1.83 bits per heavy atom. The van der Waals surface area contributed by atoms with Gasteiger partial charge >= 0.3 is 6.09 Å². The Morgan fingerprint density at radius 1 is 1.10 bits per heavy atom. The molecule has 30 heavy (non-hydrogen) atoms. The molecule has 160 valence electrons. The summed E-state index contributed by atoms with van der Waals surface area (Å²) in [4.78, 5) is 29.6. The van der Waals surface area contributed by atoms with Crippen molar-refractivity contribution in [1.29, 1.82) is 0 Å². The first-order chi connectivity index (χ1) is 14.4. The van der Waals surface area contributed by atoms with Crippen molar-refractivity contribution in [1.82, 2.24) is 4.90 Å². The maximum Gasteiger partial charge on any atom is 0.409 e. The number of thioether (sulfide) groups is 1. The van der Waals surface area contributed by atoms with Gasteiger partial charge in [-0.05, 0) is 43.5 Å². The zero-order valence-electron chi connectivity index (χ0n) is 16.8. The maximum atomic E-state index is 12.9. The minimum atomic E-state index is -0.312. The number of piperazine rings is 1. The number of benzene rings is 2. The first-order valence-corrected chi connectivity index (χ1v) is 11.5. The SMILES string of the molecule is CCOC(=O)N1CCN(c2c(Cl)cccc2NC(=O)c2cc(SC)ccc2Cl)CC1. The first-order valence-electron chi connectivity index (χ1n) is 9.54. The molecule has 6 nitrogen and oxygen atoms in total. The molecule has 0 aliphatic carbocycles. The van der Waals surface area contributed by atoms with Crippen molar-refractivity contribution < 1.29 is 14.3 Å². The highest BCUT2D eigenvalue weighted by Gasteiger charge is 2.25. The molecule has 0 bridgehead atoms. The smallest absolute Gasteiger partial charge is 0.409 e. The normalized spacial score (nSPS) is 13.9. The van der Waals surface area contributed by atoms with Crippen molar-refractivity contribution in [2.75, 3.05) is 49.3 Å². The summed E-state index contributed by atoms with van der Waals surface area (Å²) in [6.07, 6.45) is 1.63. The van der Waals surface area contributed by atoms with Gasteiger partial charge in [-0.3, -0.25) is 4.79 Å². The molecular weight excluding hydrogens is 445 g/mol. The second kappa shape index (κ2) is 10.3. The van der Waals surface area contributed by atoms with Crippen molar-refractivity contribution in [3.05, 3.63) is 52.0 Å². The van der Waals surface area contributed by atoms with Crippen LogP contribution < -0.4 is 10.2 Å². The van der Waals surface area contributed by atoms with Gasteiger partial charge in [-0.1, -0.05) is 29.3 Å². The van der Waals surface area contributed by atoms with Crippen LogP contribution in [0.4, 0.5) is 16.2 Å². The van der Waals surface area contributed by atoms with Gasteiger partial charge in [0, 0.05) is 31.1 Å². The fourth-order valence-corrected chi connectivity index (χ4v) is 4.20. The molecule has 0 unspecified atom stereocenters. The zero-order chi connectivity index (χ0) is 21.7.